The molecule has 8 heteroatoms. The molecule has 0 spiro atoms. The van der Waals surface area contributed by atoms with E-state index in [1.165, 1.54) is 6.07 Å². The molecule has 1 saturated carbocycles. The predicted molar refractivity (Wildman–Crippen MR) is 88.6 cm³/mol. The highest BCUT2D eigenvalue weighted by Crippen LogP contribution is 2.37. The van der Waals surface area contributed by atoms with E-state index in [0.29, 0.717) is 29.3 Å². The summed E-state index contributed by atoms with van der Waals surface area (Å²) in [6.45, 7) is 0. The van der Waals surface area contributed by atoms with Crippen LogP contribution >= 0.6 is 11.6 Å². The zero-order valence-electron chi connectivity index (χ0n) is 13.1. The quantitative estimate of drug-likeness (QED) is 0.631. The number of nitrogens with zero attached hydrogens (tertiary/aromatic N) is 3. The van der Waals surface area contributed by atoms with Gasteiger partial charge in [-0.2, -0.15) is 13.2 Å². The molecule has 2 aromatic heterocycles. The summed E-state index contributed by atoms with van der Waals surface area (Å²) in [6.07, 6.45) is -0.0982. The summed E-state index contributed by atoms with van der Waals surface area (Å²) in [7, 11) is 0. The molecule has 1 aliphatic carbocycles. The fourth-order valence-corrected chi connectivity index (χ4v) is 3.78. The zero-order valence-corrected chi connectivity index (χ0v) is 13.8. The third kappa shape index (κ3) is 2.85. The van der Waals surface area contributed by atoms with Gasteiger partial charge in [-0.25, -0.2) is 9.97 Å². The van der Waals surface area contributed by atoms with Crippen molar-refractivity contribution in [3.63, 3.8) is 0 Å². The number of fused-ring (bicyclic) bond motifs is 3. The first kappa shape index (κ1) is 16.6. The van der Waals surface area contributed by atoms with E-state index in [2.05, 4.69) is 9.97 Å². The van der Waals surface area contributed by atoms with E-state index < -0.39 is 11.7 Å². The van der Waals surface area contributed by atoms with Crippen molar-refractivity contribution in [1.82, 2.24) is 14.5 Å². The Bertz CT molecular complexity index is 946. The van der Waals surface area contributed by atoms with Gasteiger partial charge in [-0.15, -0.1) is 0 Å². The van der Waals surface area contributed by atoms with Gasteiger partial charge in [0.1, 0.15) is 5.52 Å². The van der Waals surface area contributed by atoms with Crippen molar-refractivity contribution < 1.29 is 18.3 Å². The molecule has 0 unspecified atom stereocenters. The number of imidazole rings is 1. The van der Waals surface area contributed by atoms with E-state index in [4.69, 9.17) is 11.6 Å². The van der Waals surface area contributed by atoms with Crippen molar-refractivity contribution in [2.24, 2.45) is 0 Å². The van der Waals surface area contributed by atoms with Gasteiger partial charge in [0.05, 0.1) is 29.0 Å². The fourth-order valence-electron chi connectivity index (χ4n) is 3.55. The average Bonchev–Trinajstić information content (AvgIpc) is 3.00. The third-order valence-corrected chi connectivity index (χ3v) is 5.11. The largest absolute Gasteiger partial charge is 0.416 e. The lowest BCUT2D eigenvalue weighted by Crippen LogP contribution is -2.20. The Morgan fingerprint density at radius 3 is 2.56 bits per heavy atom. The monoisotopic (exact) mass is 369 g/mol. The summed E-state index contributed by atoms with van der Waals surface area (Å²) in [4.78, 5) is 8.42. The average molecular weight is 370 g/mol. The van der Waals surface area contributed by atoms with Crippen LogP contribution in [0, 0.1) is 0 Å². The first-order valence-corrected chi connectivity index (χ1v) is 8.43. The third-order valence-electron chi connectivity index (χ3n) is 4.85. The number of alkyl halides is 3. The van der Waals surface area contributed by atoms with Gasteiger partial charge < -0.3 is 9.67 Å². The minimum atomic E-state index is -4.43. The Morgan fingerprint density at radius 1 is 1.16 bits per heavy atom. The van der Waals surface area contributed by atoms with Crippen LogP contribution in [0.2, 0.25) is 5.15 Å². The molecule has 0 bridgehead atoms. The molecule has 1 aliphatic rings. The Kier molecular flexibility index (Phi) is 3.88. The van der Waals surface area contributed by atoms with Gasteiger partial charge in [-0.3, -0.25) is 0 Å². The second-order valence-corrected chi connectivity index (χ2v) is 6.80. The normalized spacial score (nSPS) is 22.0. The Morgan fingerprint density at radius 2 is 1.88 bits per heavy atom. The summed E-state index contributed by atoms with van der Waals surface area (Å²) in [5.41, 5.74) is 0.629. The molecule has 132 valence electrons. The van der Waals surface area contributed by atoms with E-state index in [1.807, 2.05) is 4.57 Å². The summed E-state index contributed by atoms with van der Waals surface area (Å²) >= 11 is 6.17. The van der Waals surface area contributed by atoms with Crippen LogP contribution in [0.25, 0.3) is 21.9 Å². The Balaban J connectivity index is 1.91. The molecule has 0 saturated heterocycles. The molecule has 0 atom stereocenters. The number of aromatic nitrogens is 3. The van der Waals surface area contributed by atoms with Crippen LogP contribution in [0.1, 0.15) is 37.3 Å². The highest BCUT2D eigenvalue weighted by molar-refractivity contribution is 6.35. The second-order valence-electron chi connectivity index (χ2n) is 6.44. The van der Waals surface area contributed by atoms with E-state index >= 15 is 0 Å². The van der Waals surface area contributed by atoms with E-state index in [-0.39, 0.29) is 22.8 Å². The van der Waals surface area contributed by atoms with Gasteiger partial charge >= 0.3 is 6.18 Å². The van der Waals surface area contributed by atoms with Crippen molar-refractivity contribution >= 4 is 33.5 Å². The second kappa shape index (κ2) is 5.85. The van der Waals surface area contributed by atoms with Crippen molar-refractivity contribution in [2.45, 2.75) is 44.0 Å². The van der Waals surface area contributed by atoms with Crippen molar-refractivity contribution in [3.8, 4) is 0 Å². The molecule has 4 nitrogen and oxygen atoms in total. The van der Waals surface area contributed by atoms with Gasteiger partial charge in [0.25, 0.3) is 0 Å². The summed E-state index contributed by atoms with van der Waals surface area (Å²) in [6, 6.07) is 3.64. The molecule has 2 heterocycles. The fraction of sp³-hybridized carbons (Fsp3) is 0.412. The predicted octanol–water partition coefficient (Wildman–Crippen LogP) is 4.73. The molecule has 25 heavy (non-hydrogen) atoms. The lowest BCUT2D eigenvalue weighted by atomic mass is 9.93. The molecule has 0 radical (unpaired) electrons. The summed E-state index contributed by atoms with van der Waals surface area (Å²) < 4.78 is 40.9. The van der Waals surface area contributed by atoms with Crippen molar-refractivity contribution in [3.05, 3.63) is 35.2 Å². The number of rotatable bonds is 1. The minimum absolute atomic E-state index is 0.0939. The first-order valence-electron chi connectivity index (χ1n) is 8.05. The summed E-state index contributed by atoms with van der Waals surface area (Å²) in [5, 5.41) is 10.4. The molecule has 0 aliphatic heterocycles. The van der Waals surface area contributed by atoms with Gasteiger partial charge in [0.15, 0.2) is 5.15 Å². The highest BCUT2D eigenvalue weighted by atomic mass is 35.5. The number of aliphatic hydroxyl groups is 1. The van der Waals surface area contributed by atoms with Crippen molar-refractivity contribution in [1.29, 1.82) is 0 Å². The molecule has 1 aromatic carbocycles. The zero-order chi connectivity index (χ0) is 17.8. The number of hydrogen-bond donors (Lipinski definition) is 1. The lowest BCUT2D eigenvalue weighted by Gasteiger charge is -2.27. The van der Waals surface area contributed by atoms with Gasteiger partial charge in [-0.1, -0.05) is 17.7 Å². The first-order chi connectivity index (χ1) is 11.8. The van der Waals surface area contributed by atoms with Crippen LogP contribution in [-0.4, -0.2) is 25.7 Å². The van der Waals surface area contributed by atoms with Crippen LogP contribution in [0.5, 0.6) is 0 Å². The van der Waals surface area contributed by atoms with E-state index in [9.17, 15) is 18.3 Å². The topological polar surface area (TPSA) is 50.9 Å². The standard InChI is InChI=1S/C17H15ClF3N3O/c18-16-14-15(24(8-22-14)10-2-4-11(25)5-3-10)12-6-1-9(17(19,20)21)7-13(12)23-16/h1,6-8,10-11,25H,2-5H2/t10-,11-. The number of aliphatic hydroxyl groups excluding tert-OH is 1. The van der Waals surface area contributed by atoms with E-state index in [1.54, 1.807) is 6.33 Å². The highest BCUT2D eigenvalue weighted by Gasteiger charge is 2.31. The number of pyridine rings is 1. The maximum absolute atomic E-state index is 13.0. The smallest absolute Gasteiger partial charge is 0.393 e. The SMILES string of the molecule is O[C@H]1CC[C@H](n2cnc3c(Cl)nc4cc(C(F)(F)F)ccc4c32)CC1. The molecular formula is C17H15ClF3N3O. The van der Waals surface area contributed by atoms with Crippen LogP contribution < -0.4 is 0 Å². The van der Waals surface area contributed by atoms with Crippen LogP contribution in [0.15, 0.2) is 24.5 Å². The molecule has 1 fully saturated rings. The maximum Gasteiger partial charge on any atom is 0.416 e. The van der Waals surface area contributed by atoms with Gasteiger partial charge in [0.2, 0.25) is 0 Å². The van der Waals surface area contributed by atoms with Gasteiger partial charge in [0, 0.05) is 11.4 Å². The van der Waals surface area contributed by atoms with Crippen LogP contribution in [-0.2, 0) is 6.18 Å². The van der Waals surface area contributed by atoms with E-state index in [0.717, 1.165) is 25.0 Å². The molecule has 0 amide bonds. The van der Waals surface area contributed by atoms with Crippen LogP contribution in [0.3, 0.4) is 0 Å². The van der Waals surface area contributed by atoms with Crippen LogP contribution in [0.4, 0.5) is 13.2 Å². The Labute approximate surface area is 146 Å². The molecular weight excluding hydrogens is 355 g/mol. The molecule has 4 rings (SSSR count). The summed E-state index contributed by atoms with van der Waals surface area (Å²) in [5.74, 6) is 0. The lowest BCUT2D eigenvalue weighted by molar-refractivity contribution is -0.137. The van der Waals surface area contributed by atoms with Crippen molar-refractivity contribution in [2.75, 3.05) is 0 Å². The Hall–Kier alpha value is -1.86. The maximum atomic E-state index is 13.0. The molecule has 3 aromatic rings. The minimum Gasteiger partial charge on any atom is -0.393 e. The number of halogens is 4. The van der Waals surface area contributed by atoms with Gasteiger partial charge in [-0.05, 0) is 37.8 Å². The molecule has 1 N–H and O–H groups in total. The number of hydrogen-bond acceptors (Lipinski definition) is 3. The number of benzene rings is 1.